The van der Waals surface area contributed by atoms with Crippen molar-refractivity contribution in [3.63, 3.8) is 0 Å². The Hall–Kier alpha value is -1.39. The molecule has 0 saturated heterocycles. The van der Waals surface area contributed by atoms with Gasteiger partial charge >= 0.3 is 0 Å². The van der Waals surface area contributed by atoms with E-state index in [9.17, 15) is 0 Å². The maximum atomic E-state index is 5.82. The molecule has 0 amide bonds. The first kappa shape index (κ1) is 14.0. The van der Waals surface area contributed by atoms with E-state index in [1.54, 1.807) is 0 Å². The van der Waals surface area contributed by atoms with Crippen LogP contribution in [0.15, 0.2) is 46.9 Å². The van der Waals surface area contributed by atoms with Crippen molar-refractivity contribution < 1.29 is 4.74 Å². The molecule has 2 rings (SSSR count). The molecule has 0 saturated carbocycles. The van der Waals surface area contributed by atoms with E-state index in [4.69, 9.17) is 22.7 Å². The summed E-state index contributed by atoms with van der Waals surface area (Å²) in [6, 6.07) is 13.8. The van der Waals surface area contributed by atoms with E-state index in [0.717, 1.165) is 26.9 Å². The fourth-order valence-corrected chi connectivity index (χ4v) is 2.13. The summed E-state index contributed by atoms with van der Waals surface area (Å²) < 4.78 is 6.87. The Labute approximate surface area is 126 Å². The van der Waals surface area contributed by atoms with Crippen LogP contribution in [0, 0.1) is 6.92 Å². The molecular weight excluding hydrogens is 322 g/mol. The van der Waals surface area contributed by atoms with Gasteiger partial charge in [0.15, 0.2) is 0 Å². The first-order chi connectivity index (χ1) is 9.06. The zero-order valence-corrected chi connectivity index (χ0v) is 12.9. The molecule has 0 aromatic heterocycles. The van der Waals surface area contributed by atoms with Crippen molar-refractivity contribution in [1.29, 1.82) is 0 Å². The van der Waals surface area contributed by atoms with E-state index in [-0.39, 0.29) is 0 Å². The Morgan fingerprint density at radius 3 is 2.53 bits per heavy atom. The van der Waals surface area contributed by atoms with Gasteiger partial charge in [-0.1, -0.05) is 46.3 Å². The molecule has 0 radical (unpaired) electrons. The van der Waals surface area contributed by atoms with Crippen molar-refractivity contribution in [2.45, 2.75) is 13.5 Å². The molecule has 4 heteroatoms. The highest BCUT2D eigenvalue weighted by atomic mass is 79.9. The SMILES string of the molecule is Cc1ccc(C(N)=S)c(OCc2ccc(Br)cc2)c1. The van der Waals surface area contributed by atoms with Crippen LogP contribution >= 0.6 is 28.1 Å². The minimum absolute atomic E-state index is 0.353. The number of ether oxygens (including phenoxy) is 1. The minimum Gasteiger partial charge on any atom is -0.488 e. The lowest BCUT2D eigenvalue weighted by Gasteiger charge is -2.11. The number of hydrogen-bond donors (Lipinski definition) is 1. The lowest BCUT2D eigenvalue weighted by Crippen LogP contribution is -2.11. The molecule has 0 aliphatic rings. The first-order valence-electron chi connectivity index (χ1n) is 5.84. The van der Waals surface area contributed by atoms with Crippen LogP contribution < -0.4 is 10.5 Å². The van der Waals surface area contributed by atoms with Gasteiger partial charge in [-0.3, -0.25) is 0 Å². The number of aryl methyl sites for hydroxylation is 1. The second-order valence-electron chi connectivity index (χ2n) is 4.28. The van der Waals surface area contributed by atoms with Crippen LogP contribution in [0.4, 0.5) is 0 Å². The molecule has 2 nitrogen and oxygen atoms in total. The van der Waals surface area contributed by atoms with E-state index in [1.165, 1.54) is 0 Å². The maximum absolute atomic E-state index is 5.82. The van der Waals surface area contributed by atoms with Gasteiger partial charge in [0.1, 0.15) is 17.3 Å². The van der Waals surface area contributed by atoms with Crippen molar-refractivity contribution in [2.75, 3.05) is 0 Å². The molecule has 0 heterocycles. The third-order valence-electron chi connectivity index (χ3n) is 2.71. The van der Waals surface area contributed by atoms with Crippen molar-refractivity contribution in [3.8, 4) is 5.75 Å². The number of rotatable bonds is 4. The van der Waals surface area contributed by atoms with Gasteiger partial charge in [-0.25, -0.2) is 0 Å². The van der Waals surface area contributed by atoms with Crippen molar-refractivity contribution in [2.24, 2.45) is 5.73 Å². The Morgan fingerprint density at radius 2 is 1.89 bits per heavy atom. The minimum atomic E-state index is 0.353. The summed E-state index contributed by atoms with van der Waals surface area (Å²) >= 11 is 8.44. The molecule has 0 bridgehead atoms. The van der Waals surface area contributed by atoms with Gasteiger partial charge in [-0.15, -0.1) is 0 Å². The predicted molar refractivity (Wildman–Crippen MR) is 85.5 cm³/mol. The van der Waals surface area contributed by atoms with Crippen LogP contribution in [0.3, 0.4) is 0 Å². The summed E-state index contributed by atoms with van der Waals surface area (Å²) in [5.74, 6) is 0.732. The summed E-state index contributed by atoms with van der Waals surface area (Å²) in [5.41, 5.74) is 8.69. The zero-order chi connectivity index (χ0) is 13.8. The van der Waals surface area contributed by atoms with E-state index in [2.05, 4.69) is 15.9 Å². The molecule has 0 aliphatic carbocycles. The lowest BCUT2D eigenvalue weighted by atomic mass is 10.1. The average Bonchev–Trinajstić information content (AvgIpc) is 2.38. The normalized spacial score (nSPS) is 10.2. The molecule has 2 N–H and O–H groups in total. The monoisotopic (exact) mass is 335 g/mol. The molecule has 0 atom stereocenters. The van der Waals surface area contributed by atoms with Gasteiger partial charge in [0, 0.05) is 4.47 Å². The molecule has 98 valence electrons. The molecule has 2 aromatic carbocycles. The maximum Gasteiger partial charge on any atom is 0.130 e. The van der Waals surface area contributed by atoms with E-state index >= 15 is 0 Å². The highest BCUT2D eigenvalue weighted by Gasteiger charge is 2.07. The Bertz CT molecular complexity index is 596. The Kier molecular flexibility index (Phi) is 4.56. The molecule has 19 heavy (non-hydrogen) atoms. The van der Waals surface area contributed by atoms with Crippen LogP contribution in [0.25, 0.3) is 0 Å². The summed E-state index contributed by atoms with van der Waals surface area (Å²) in [6.45, 7) is 2.50. The number of halogens is 1. The summed E-state index contributed by atoms with van der Waals surface area (Å²) in [5, 5.41) is 0. The summed E-state index contributed by atoms with van der Waals surface area (Å²) in [7, 11) is 0. The topological polar surface area (TPSA) is 35.2 Å². The second-order valence-corrected chi connectivity index (χ2v) is 5.63. The first-order valence-corrected chi connectivity index (χ1v) is 7.04. The molecule has 0 fully saturated rings. The largest absolute Gasteiger partial charge is 0.488 e. The number of hydrogen-bond acceptors (Lipinski definition) is 2. The molecule has 0 unspecified atom stereocenters. The van der Waals surface area contributed by atoms with Crippen LogP contribution in [0.1, 0.15) is 16.7 Å². The predicted octanol–water partition coefficient (Wildman–Crippen LogP) is 3.97. The van der Waals surface area contributed by atoms with E-state index in [1.807, 2.05) is 49.4 Å². The quantitative estimate of drug-likeness (QED) is 0.858. The van der Waals surface area contributed by atoms with Gasteiger partial charge in [0.2, 0.25) is 0 Å². The standard InChI is InChI=1S/C15H14BrNOS/c1-10-2-7-13(15(17)19)14(8-10)18-9-11-3-5-12(16)6-4-11/h2-8H,9H2,1H3,(H2,17,19). The smallest absolute Gasteiger partial charge is 0.130 e. The Balaban J connectivity index is 2.16. The zero-order valence-electron chi connectivity index (χ0n) is 10.5. The highest BCUT2D eigenvalue weighted by Crippen LogP contribution is 2.22. The van der Waals surface area contributed by atoms with Crippen LogP contribution in [0.2, 0.25) is 0 Å². The van der Waals surface area contributed by atoms with Crippen molar-refractivity contribution in [1.82, 2.24) is 0 Å². The average molecular weight is 336 g/mol. The second kappa shape index (κ2) is 6.17. The third kappa shape index (κ3) is 3.78. The van der Waals surface area contributed by atoms with Crippen molar-refractivity contribution >= 4 is 33.1 Å². The Morgan fingerprint density at radius 1 is 1.21 bits per heavy atom. The summed E-state index contributed by atoms with van der Waals surface area (Å²) in [6.07, 6.45) is 0. The fourth-order valence-electron chi connectivity index (χ4n) is 1.69. The van der Waals surface area contributed by atoms with Gasteiger partial charge in [0.25, 0.3) is 0 Å². The highest BCUT2D eigenvalue weighted by molar-refractivity contribution is 9.10. The van der Waals surface area contributed by atoms with Crippen LogP contribution in [0.5, 0.6) is 5.75 Å². The van der Waals surface area contributed by atoms with Crippen LogP contribution in [-0.4, -0.2) is 4.99 Å². The third-order valence-corrected chi connectivity index (χ3v) is 3.46. The molecular formula is C15H14BrNOS. The van der Waals surface area contributed by atoms with E-state index in [0.29, 0.717) is 11.6 Å². The molecule has 0 spiro atoms. The summed E-state index contributed by atoms with van der Waals surface area (Å²) in [4.78, 5) is 0.353. The number of nitrogens with two attached hydrogens (primary N) is 1. The van der Waals surface area contributed by atoms with Crippen molar-refractivity contribution in [3.05, 3.63) is 63.6 Å². The van der Waals surface area contributed by atoms with Crippen LogP contribution in [-0.2, 0) is 6.61 Å². The van der Waals surface area contributed by atoms with Gasteiger partial charge in [-0.2, -0.15) is 0 Å². The fraction of sp³-hybridized carbons (Fsp3) is 0.133. The van der Waals surface area contributed by atoms with E-state index < -0.39 is 0 Å². The lowest BCUT2D eigenvalue weighted by molar-refractivity contribution is 0.305. The van der Waals surface area contributed by atoms with Gasteiger partial charge in [0.05, 0.1) is 5.56 Å². The van der Waals surface area contributed by atoms with Gasteiger partial charge in [-0.05, 0) is 42.3 Å². The number of thiocarbonyl (C=S) groups is 1. The van der Waals surface area contributed by atoms with Gasteiger partial charge < -0.3 is 10.5 Å². The molecule has 2 aromatic rings. The number of benzene rings is 2. The molecule has 0 aliphatic heterocycles.